The Hall–Kier alpha value is -0.600. The van der Waals surface area contributed by atoms with Crippen molar-refractivity contribution < 1.29 is 18.8 Å². The van der Waals surface area contributed by atoms with E-state index in [0.29, 0.717) is 6.42 Å². The fourth-order valence-corrected chi connectivity index (χ4v) is 4.17. The molecular weight excluding hydrogens is 359 g/mol. The van der Waals surface area contributed by atoms with Crippen LogP contribution in [0.5, 0.6) is 0 Å². The van der Waals surface area contributed by atoms with Gasteiger partial charge in [-0.25, -0.2) is 4.57 Å². The van der Waals surface area contributed by atoms with E-state index in [2.05, 4.69) is 19.1 Å². The first-order chi connectivity index (χ1) is 13.0. The van der Waals surface area contributed by atoms with Crippen LogP contribution in [0.1, 0.15) is 117 Å². The largest absolute Gasteiger partial charge is 0.392 e. The van der Waals surface area contributed by atoms with Gasteiger partial charge in [0.15, 0.2) is 0 Å². The first kappa shape index (κ1) is 26.4. The average Bonchev–Trinajstić information content (AvgIpc) is 2.63. The van der Waals surface area contributed by atoms with Gasteiger partial charge in [0.25, 0.3) is 0 Å². The molecule has 27 heavy (non-hydrogen) atoms. The van der Waals surface area contributed by atoms with Crippen LogP contribution in [0.15, 0.2) is 12.2 Å². The molecule has 1 unspecified atom stereocenters. The molecule has 0 aromatic rings. The van der Waals surface area contributed by atoms with Crippen LogP contribution in [0.25, 0.3) is 0 Å². The maximum absolute atomic E-state index is 11.6. The average molecular weight is 403 g/mol. The third-order valence-corrected chi connectivity index (χ3v) is 6.05. The lowest BCUT2D eigenvalue weighted by Gasteiger charge is -2.11. The summed E-state index contributed by atoms with van der Waals surface area (Å²) in [5, 5.41) is 0. The van der Waals surface area contributed by atoms with Gasteiger partial charge >= 0.3 is 13.6 Å². The van der Waals surface area contributed by atoms with Crippen molar-refractivity contribution in [3.63, 3.8) is 0 Å². The Morgan fingerprint density at radius 2 is 1.26 bits per heavy atom. The van der Waals surface area contributed by atoms with E-state index in [4.69, 9.17) is 4.52 Å². The minimum Gasteiger partial charge on any atom is -0.392 e. The Balaban J connectivity index is 3.40. The fraction of sp³-hybridized carbons (Fsp3) is 0.864. The summed E-state index contributed by atoms with van der Waals surface area (Å²) < 4.78 is 16.4. The first-order valence-electron chi connectivity index (χ1n) is 11.2. The highest BCUT2D eigenvalue weighted by molar-refractivity contribution is 7.53. The minimum absolute atomic E-state index is 0.0710. The second kappa shape index (κ2) is 18.7. The predicted molar refractivity (Wildman–Crippen MR) is 115 cm³/mol. The molecule has 5 heteroatoms. The molecule has 4 nitrogen and oxygen atoms in total. The topological polar surface area (TPSA) is 63.6 Å². The lowest BCUT2D eigenvalue weighted by molar-refractivity contribution is -0.134. The molecule has 0 rings (SSSR count). The molecule has 1 N–H and O–H groups in total. The maximum Gasteiger partial charge on any atom is 0.378 e. The molecule has 0 aliphatic rings. The number of rotatable bonds is 19. The van der Waals surface area contributed by atoms with Crippen molar-refractivity contribution in [1.29, 1.82) is 0 Å². The minimum atomic E-state index is -3.71. The number of unbranched alkanes of at least 4 members (excludes halogenated alkanes) is 12. The highest BCUT2D eigenvalue weighted by Gasteiger charge is 2.22. The SMILES string of the molecule is CCCCCCCCC=CCCCCCCCC(=O)OP(=O)(O)CCCC. The Labute approximate surface area is 167 Å². The number of hydrogen-bond acceptors (Lipinski definition) is 3. The Kier molecular flexibility index (Phi) is 18.3. The summed E-state index contributed by atoms with van der Waals surface area (Å²) >= 11 is 0. The lowest BCUT2D eigenvalue weighted by Crippen LogP contribution is -2.04. The van der Waals surface area contributed by atoms with Crippen molar-refractivity contribution in [2.75, 3.05) is 6.16 Å². The van der Waals surface area contributed by atoms with Crippen molar-refractivity contribution in [2.45, 2.75) is 117 Å². The van der Waals surface area contributed by atoms with Gasteiger partial charge in [0.2, 0.25) is 0 Å². The molecule has 160 valence electrons. The molecule has 1 atom stereocenters. The van der Waals surface area contributed by atoms with Gasteiger partial charge in [0.1, 0.15) is 0 Å². The molecule has 0 radical (unpaired) electrons. The van der Waals surface area contributed by atoms with Crippen molar-refractivity contribution in [2.24, 2.45) is 0 Å². The molecule has 0 saturated carbocycles. The van der Waals surface area contributed by atoms with Crippen LogP contribution in [0, 0.1) is 0 Å². The number of carbonyl (C=O) groups excluding carboxylic acids is 1. The molecule has 0 aromatic carbocycles. The molecule has 0 saturated heterocycles. The summed E-state index contributed by atoms with van der Waals surface area (Å²) in [6.45, 7) is 4.19. The predicted octanol–water partition coefficient (Wildman–Crippen LogP) is 7.55. The van der Waals surface area contributed by atoms with Gasteiger partial charge in [-0.15, -0.1) is 0 Å². The van der Waals surface area contributed by atoms with E-state index in [9.17, 15) is 14.3 Å². The second-order valence-electron chi connectivity index (χ2n) is 7.51. The van der Waals surface area contributed by atoms with Crippen LogP contribution >= 0.6 is 7.60 Å². The monoisotopic (exact) mass is 402 g/mol. The zero-order valence-corrected chi connectivity index (χ0v) is 18.7. The van der Waals surface area contributed by atoms with Crippen LogP contribution < -0.4 is 0 Å². The highest BCUT2D eigenvalue weighted by atomic mass is 31.2. The Bertz CT molecular complexity index is 421. The molecule has 0 fully saturated rings. The second-order valence-corrected chi connectivity index (χ2v) is 9.42. The van der Waals surface area contributed by atoms with E-state index in [0.717, 1.165) is 32.1 Å². The summed E-state index contributed by atoms with van der Waals surface area (Å²) in [5.74, 6) is -0.533. The van der Waals surface area contributed by atoms with Crippen LogP contribution in [0.2, 0.25) is 0 Å². The quantitative estimate of drug-likeness (QED) is 0.138. The van der Waals surface area contributed by atoms with Crippen LogP contribution in [-0.2, 0) is 13.9 Å². The molecule has 0 aromatic heterocycles. The summed E-state index contributed by atoms with van der Waals surface area (Å²) in [7, 11) is -3.71. The lowest BCUT2D eigenvalue weighted by atomic mass is 10.1. The van der Waals surface area contributed by atoms with Gasteiger partial charge in [0, 0.05) is 6.42 Å². The molecule has 0 amide bonds. The number of hydrogen-bond donors (Lipinski definition) is 1. The van der Waals surface area contributed by atoms with Gasteiger partial charge in [-0.2, -0.15) is 0 Å². The van der Waals surface area contributed by atoms with Gasteiger partial charge in [-0.05, 0) is 38.5 Å². The summed E-state index contributed by atoms with van der Waals surface area (Å²) in [6.07, 6.45) is 22.0. The summed E-state index contributed by atoms with van der Waals surface area (Å²) in [6, 6.07) is 0. The third kappa shape index (κ3) is 20.0. The Morgan fingerprint density at radius 3 is 1.81 bits per heavy atom. The number of allylic oxidation sites excluding steroid dienone is 2. The molecule has 0 aliphatic heterocycles. The van der Waals surface area contributed by atoms with Crippen LogP contribution in [0.4, 0.5) is 0 Å². The fourth-order valence-electron chi connectivity index (χ4n) is 2.95. The molecule has 0 heterocycles. The van der Waals surface area contributed by atoms with Crippen LogP contribution in [0.3, 0.4) is 0 Å². The molecule has 0 spiro atoms. The van der Waals surface area contributed by atoms with Crippen molar-refractivity contribution in [3.05, 3.63) is 12.2 Å². The van der Waals surface area contributed by atoms with Crippen molar-refractivity contribution >= 4 is 13.6 Å². The normalized spacial score (nSPS) is 13.7. The zero-order valence-electron chi connectivity index (χ0n) is 17.8. The smallest absolute Gasteiger partial charge is 0.378 e. The Morgan fingerprint density at radius 1 is 0.778 bits per heavy atom. The standard InChI is InChI=1S/C22H43O4P/c1-3-5-7-8-9-10-11-12-13-14-15-16-17-18-19-20-22(23)26-27(24,25)21-6-4-2/h12-13H,3-11,14-21H2,1-2H3,(H,24,25). The van der Waals surface area contributed by atoms with E-state index in [1.54, 1.807) is 0 Å². The highest BCUT2D eigenvalue weighted by Crippen LogP contribution is 2.43. The first-order valence-corrected chi connectivity index (χ1v) is 13.0. The van der Waals surface area contributed by atoms with Crippen molar-refractivity contribution in [1.82, 2.24) is 0 Å². The number of carbonyl (C=O) groups is 1. The molecular formula is C22H43O4P. The van der Waals surface area contributed by atoms with Crippen molar-refractivity contribution in [3.8, 4) is 0 Å². The zero-order chi connectivity index (χ0) is 20.2. The van der Waals surface area contributed by atoms with Crippen LogP contribution in [-0.4, -0.2) is 17.0 Å². The molecule has 0 bridgehead atoms. The van der Waals surface area contributed by atoms with Gasteiger partial charge < -0.3 is 9.42 Å². The van der Waals surface area contributed by atoms with E-state index >= 15 is 0 Å². The molecule has 0 aliphatic carbocycles. The summed E-state index contributed by atoms with van der Waals surface area (Å²) in [5.41, 5.74) is 0. The van der Waals surface area contributed by atoms with E-state index in [1.165, 1.54) is 57.8 Å². The summed E-state index contributed by atoms with van der Waals surface area (Å²) in [4.78, 5) is 21.1. The maximum atomic E-state index is 11.6. The van der Waals surface area contributed by atoms with Gasteiger partial charge in [0.05, 0.1) is 6.16 Å². The van der Waals surface area contributed by atoms with E-state index in [1.807, 2.05) is 6.92 Å². The third-order valence-electron chi connectivity index (χ3n) is 4.68. The van der Waals surface area contributed by atoms with E-state index < -0.39 is 13.6 Å². The van der Waals surface area contributed by atoms with Gasteiger partial charge in [-0.3, -0.25) is 4.79 Å². The van der Waals surface area contributed by atoms with E-state index in [-0.39, 0.29) is 12.6 Å². The van der Waals surface area contributed by atoms with Gasteiger partial charge in [-0.1, -0.05) is 83.8 Å².